The van der Waals surface area contributed by atoms with Gasteiger partial charge in [0, 0.05) is 10.7 Å². The van der Waals surface area contributed by atoms with E-state index in [-0.39, 0.29) is 6.10 Å². The standard InChI is InChI=1S/C22H27ClN2O4/c23-17-4-3-5-18(12-17)25-10-8-24(9-11-25)13-19(26)14-27-15-20-16-28-21-6-1-2-7-22(21)29-20/h1-7,12,19-20,26H,8-11,13-16H2/p+1/t19-,20-/m1/s1. The van der Waals surface area contributed by atoms with E-state index in [1.54, 1.807) is 0 Å². The number of aliphatic hydroxyl groups excluding tert-OH is 1. The number of nitrogens with zero attached hydrogens (tertiary/aromatic N) is 1. The summed E-state index contributed by atoms with van der Waals surface area (Å²) in [4.78, 5) is 3.74. The van der Waals surface area contributed by atoms with E-state index in [2.05, 4.69) is 11.0 Å². The highest BCUT2D eigenvalue weighted by Crippen LogP contribution is 2.30. The van der Waals surface area contributed by atoms with Gasteiger partial charge in [0.25, 0.3) is 0 Å². The van der Waals surface area contributed by atoms with Crippen molar-refractivity contribution in [1.29, 1.82) is 0 Å². The maximum absolute atomic E-state index is 10.4. The Kier molecular flexibility index (Phi) is 6.77. The molecule has 0 amide bonds. The number of piperazine rings is 1. The Morgan fingerprint density at radius 2 is 1.93 bits per heavy atom. The molecule has 29 heavy (non-hydrogen) atoms. The summed E-state index contributed by atoms with van der Waals surface area (Å²) < 4.78 is 17.3. The molecule has 0 radical (unpaired) electrons. The van der Waals surface area contributed by atoms with Crippen LogP contribution in [0.2, 0.25) is 5.02 Å². The number of anilines is 1. The Morgan fingerprint density at radius 3 is 2.72 bits per heavy atom. The second kappa shape index (κ2) is 9.67. The second-order valence-electron chi connectivity index (χ2n) is 7.61. The Labute approximate surface area is 176 Å². The third-order valence-corrected chi connectivity index (χ3v) is 5.58. The topological polar surface area (TPSA) is 55.6 Å². The lowest BCUT2D eigenvalue weighted by molar-refractivity contribution is -0.903. The van der Waals surface area contributed by atoms with Gasteiger partial charge in [-0.15, -0.1) is 0 Å². The zero-order valence-corrected chi connectivity index (χ0v) is 17.2. The van der Waals surface area contributed by atoms with Gasteiger partial charge in [-0.1, -0.05) is 29.8 Å². The van der Waals surface area contributed by atoms with Crippen molar-refractivity contribution in [3.05, 3.63) is 53.6 Å². The Balaban J connectivity index is 1.14. The number of hydrogen-bond acceptors (Lipinski definition) is 5. The number of fused-ring (bicyclic) bond motifs is 1. The van der Waals surface area contributed by atoms with Gasteiger partial charge in [-0.05, 0) is 30.3 Å². The molecule has 156 valence electrons. The molecule has 7 heteroatoms. The fraction of sp³-hybridized carbons (Fsp3) is 0.455. The summed E-state index contributed by atoms with van der Waals surface area (Å²) in [6, 6.07) is 15.6. The number of benzene rings is 2. The molecule has 1 fully saturated rings. The average Bonchev–Trinajstić information content (AvgIpc) is 2.74. The van der Waals surface area contributed by atoms with Gasteiger partial charge in [0.15, 0.2) is 17.6 Å². The molecule has 0 spiro atoms. The summed E-state index contributed by atoms with van der Waals surface area (Å²) in [5.41, 5.74) is 1.16. The summed E-state index contributed by atoms with van der Waals surface area (Å²) in [7, 11) is 0. The van der Waals surface area contributed by atoms with Gasteiger partial charge in [0.2, 0.25) is 0 Å². The van der Waals surface area contributed by atoms with Crippen LogP contribution >= 0.6 is 11.6 Å². The quantitative estimate of drug-likeness (QED) is 0.707. The van der Waals surface area contributed by atoms with Crippen molar-refractivity contribution in [3.63, 3.8) is 0 Å². The third-order valence-electron chi connectivity index (χ3n) is 5.35. The monoisotopic (exact) mass is 419 g/mol. The number of para-hydroxylation sites is 2. The van der Waals surface area contributed by atoms with Crippen LogP contribution in [0.25, 0.3) is 0 Å². The minimum absolute atomic E-state index is 0.148. The highest BCUT2D eigenvalue weighted by molar-refractivity contribution is 6.30. The van der Waals surface area contributed by atoms with Crippen molar-refractivity contribution >= 4 is 17.3 Å². The van der Waals surface area contributed by atoms with Crippen molar-refractivity contribution < 1.29 is 24.2 Å². The number of ether oxygens (including phenoxy) is 3. The highest BCUT2D eigenvalue weighted by Gasteiger charge is 2.24. The molecule has 4 rings (SSSR count). The van der Waals surface area contributed by atoms with E-state index in [1.165, 1.54) is 4.90 Å². The van der Waals surface area contributed by atoms with Gasteiger partial charge in [-0.25, -0.2) is 0 Å². The number of nitrogens with one attached hydrogen (secondary N) is 1. The molecular weight excluding hydrogens is 392 g/mol. The van der Waals surface area contributed by atoms with Gasteiger partial charge >= 0.3 is 0 Å². The van der Waals surface area contributed by atoms with Crippen LogP contribution in [-0.4, -0.2) is 69.9 Å². The molecule has 0 aromatic heterocycles. The molecular formula is C22H28ClN2O4+. The summed E-state index contributed by atoms with van der Waals surface area (Å²) in [6.07, 6.45) is -0.634. The van der Waals surface area contributed by atoms with Crippen LogP contribution in [0.15, 0.2) is 48.5 Å². The molecule has 0 saturated carbocycles. The summed E-state index contributed by atoms with van der Waals surface area (Å²) in [5.74, 6) is 1.51. The predicted molar refractivity (Wildman–Crippen MR) is 112 cm³/mol. The van der Waals surface area contributed by atoms with Crippen molar-refractivity contribution in [2.24, 2.45) is 0 Å². The van der Waals surface area contributed by atoms with E-state index < -0.39 is 6.10 Å². The summed E-state index contributed by atoms with van der Waals surface area (Å²) in [5, 5.41) is 11.1. The highest BCUT2D eigenvalue weighted by atomic mass is 35.5. The second-order valence-corrected chi connectivity index (χ2v) is 8.05. The van der Waals surface area contributed by atoms with Crippen LogP contribution in [0.5, 0.6) is 11.5 Å². The molecule has 1 saturated heterocycles. The van der Waals surface area contributed by atoms with Crippen LogP contribution in [0.1, 0.15) is 0 Å². The first-order chi connectivity index (χ1) is 14.2. The molecule has 0 bridgehead atoms. The number of halogens is 1. The zero-order chi connectivity index (χ0) is 20.1. The van der Waals surface area contributed by atoms with E-state index in [4.69, 9.17) is 25.8 Å². The Bertz CT molecular complexity index is 798. The van der Waals surface area contributed by atoms with Crippen molar-refractivity contribution in [2.45, 2.75) is 12.2 Å². The SMILES string of the molecule is O[C@@H](COC[C@@H]1COc2ccccc2O1)C[NH+]1CCN(c2cccc(Cl)c2)CC1. The van der Waals surface area contributed by atoms with Crippen molar-refractivity contribution in [1.82, 2.24) is 0 Å². The maximum atomic E-state index is 10.4. The molecule has 0 aliphatic carbocycles. The molecule has 6 nitrogen and oxygen atoms in total. The molecule has 2 aromatic carbocycles. The average molecular weight is 420 g/mol. The number of rotatable bonds is 7. The van der Waals surface area contributed by atoms with Crippen molar-refractivity contribution in [2.75, 3.05) is 57.4 Å². The zero-order valence-electron chi connectivity index (χ0n) is 16.4. The smallest absolute Gasteiger partial charge is 0.161 e. The molecule has 0 unspecified atom stereocenters. The lowest BCUT2D eigenvalue weighted by Gasteiger charge is -2.34. The molecule has 2 aliphatic rings. The fourth-order valence-corrected chi connectivity index (χ4v) is 4.02. The lowest BCUT2D eigenvalue weighted by Crippen LogP contribution is -3.16. The minimum Gasteiger partial charge on any atom is -0.486 e. The Morgan fingerprint density at radius 1 is 1.14 bits per heavy atom. The first-order valence-electron chi connectivity index (χ1n) is 10.2. The lowest BCUT2D eigenvalue weighted by atomic mass is 10.2. The first-order valence-corrected chi connectivity index (χ1v) is 10.5. The van der Waals surface area contributed by atoms with Crippen LogP contribution in [-0.2, 0) is 4.74 Å². The van der Waals surface area contributed by atoms with E-state index in [0.29, 0.717) is 26.4 Å². The van der Waals surface area contributed by atoms with Crippen LogP contribution in [0, 0.1) is 0 Å². The van der Waals surface area contributed by atoms with E-state index in [0.717, 1.165) is 48.4 Å². The molecule has 2 aromatic rings. The van der Waals surface area contributed by atoms with Crippen LogP contribution in [0.4, 0.5) is 5.69 Å². The number of quaternary nitrogens is 1. The van der Waals surface area contributed by atoms with E-state index in [1.807, 2.05) is 42.5 Å². The Hall–Kier alpha value is -1.99. The van der Waals surface area contributed by atoms with Gasteiger partial charge < -0.3 is 29.1 Å². The van der Waals surface area contributed by atoms with Gasteiger partial charge in [0.05, 0.1) is 39.4 Å². The predicted octanol–water partition coefficient (Wildman–Crippen LogP) is 1.26. The normalized spacial score (nSPS) is 20.5. The molecule has 2 N–H and O–H groups in total. The minimum atomic E-state index is -0.487. The molecule has 2 heterocycles. The number of aliphatic hydroxyl groups is 1. The van der Waals surface area contributed by atoms with Gasteiger partial charge in [-0.2, -0.15) is 0 Å². The van der Waals surface area contributed by atoms with Gasteiger partial charge in [-0.3, -0.25) is 0 Å². The van der Waals surface area contributed by atoms with Crippen LogP contribution in [0.3, 0.4) is 0 Å². The van der Waals surface area contributed by atoms with Gasteiger partial charge in [0.1, 0.15) is 19.3 Å². The summed E-state index contributed by atoms with van der Waals surface area (Å²) >= 11 is 6.10. The van der Waals surface area contributed by atoms with Crippen molar-refractivity contribution in [3.8, 4) is 11.5 Å². The van der Waals surface area contributed by atoms with E-state index >= 15 is 0 Å². The largest absolute Gasteiger partial charge is 0.486 e. The van der Waals surface area contributed by atoms with E-state index in [9.17, 15) is 5.11 Å². The fourth-order valence-electron chi connectivity index (χ4n) is 3.83. The number of hydrogen-bond donors (Lipinski definition) is 2. The molecule has 2 aliphatic heterocycles. The maximum Gasteiger partial charge on any atom is 0.161 e. The summed E-state index contributed by atoms with van der Waals surface area (Å²) in [6.45, 7) is 5.75. The molecule has 2 atom stereocenters. The first kappa shape index (κ1) is 20.3. The third kappa shape index (κ3) is 5.54. The van der Waals surface area contributed by atoms with Crippen LogP contribution < -0.4 is 19.3 Å².